The maximum absolute atomic E-state index is 12.5. The summed E-state index contributed by atoms with van der Waals surface area (Å²) in [6, 6.07) is 22.2. The fourth-order valence-corrected chi connectivity index (χ4v) is 3.44. The average molecular weight is 502 g/mol. The molecule has 0 fully saturated rings. The van der Waals surface area contributed by atoms with Crippen molar-refractivity contribution in [3.05, 3.63) is 95.7 Å². The van der Waals surface area contributed by atoms with Crippen molar-refractivity contribution in [2.75, 3.05) is 30.2 Å². The van der Waals surface area contributed by atoms with E-state index in [1.54, 1.807) is 38.5 Å². The molecule has 9 heteroatoms. The van der Waals surface area contributed by atoms with Gasteiger partial charge in [-0.2, -0.15) is 4.98 Å². The third kappa shape index (κ3) is 6.31. The monoisotopic (exact) mass is 501 g/mol. The van der Waals surface area contributed by atoms with Crippen LogP contribution < -0.4 is 25.4 Å². The maximum Gasteiger partial charge on any atom is 0.248 e. The zero-order valence-corrected chi connectivity index (χ0v) is 20.4. The van der Waals surface area contributed by atoms with Gasteiger partial charge in [-0.15, -0.1) is 0 Å². The van der Waals surface area contributed by atoms with Gasteiger partial charge in [0.25, 0.3) is 0 Å². The normalized spacial score (nSPS) is 10.6. The van der Waals surface area contributed by atoms with Crippen molar-refractivity contribution < 1.29 is 14.3 Å². The topological polar surface area (TPSA) is 97.4 Å². The molecule has 1 amide bonds. The molecule has 182 valence electrons. The van der Waals surface area contributed by atoms with E-state index in [2.05, 4.69) is 25.9 Å². The molecule has 0 aliphatic rings. The van der Waals surface area contributed by atoms with Gasteiger partial charge in [0.15, 0.2) is 17.3 Å². The number of hydrogen-bond donors (Lipinski definition) is 3. The molecule has 0 atom stereocenters. The molecule has 36 heavy (non-hydrogen) atoms. The number of halogens is 1. The number of hydrogen-bond acceptors (Lipinski definition) is 7. The third-order valence-corrected chi connectivity index (χ3v) is 5.33. The van der Waals surface area contributed by atoms with Crippen molar-refractivity contribution in [2.45, 2.75) is 0 Å². The Labute approximate surface area is 214 Å². The number of para-hydroxylation sites is 2. The molecule has 0 saturated heterocycles. The largest absolute Gasteiger partial charge is 0.493 e. The molecule has 0 radical (unpaired) electrons. The molecule has 0 unspecified atom stereocenters. The van der Waals surface area contributed by atoms with Crippen molar-refractivity contribution in [1.29, 1.82) is 0 Å². The minimum Gasteiger partial charge on any atom is -0.493 e. The summed E-state index contributed by atoms with van der Waals surface area (Å²) in [5, 5.41) is 9.51. The first-order valence-corrected chi connectivity index (χ1v) is 11.4. The van der Waals surface area contributed by atoms with E-state index in [9.17, 15) is 4.79 Å². The number of ether oxygens (including phenoxy) is 2. The number of anilines is 5. The lowest BCUT2D eigenvalue weighted by atomic mass is 10.2. The molecule has 3 aromatic carbocycles. The molecule has 4 rings (SSSR count). The Balaban J connectivity index is 1.50. The summed E-state index contributed by atoms with van der Waals surface area (Å²) in [6.45, 7) is 0. The number of methoxy groups -OCH3 is 2. The molecular weight excluding hydrogens is 478 g/mol. The molecule has 1 heterocycles. The Bertz CT molecular complexity index is 1380. The number of carbonyl (C=O) groups excluding carboxylic acids is 1. The van der Waals surface area contributed by atoms with E-state index in [1.165, 1.54) is 12.3 Å². The van der Waals surface area contributed by atoms with Crippen LogP contribution in [0.15, 0.2) is 85.1 Å². The van der Waals surface area contributed by atoms with Crippen LogP contribution in [-0.4, -0.2) is 30.1 Å². The Morgan fingerprint density at radius 2 is 1.61 bits per heavy atom. The fourth-order valence-electron chi connectivity index (χ4n) is 3.30. The second kappa shape index (κ2) is 11.7. The highest BCUT2D eigenvalue weighted by Crippen LogP contribution is 2.32. The number of nitrogens with one attached hydrogen (secondary N) is 3. The predicted molar refractivity (Wildman–Crippen MR) is 144 cm³/mol. The molecule has 0 aliphatic carbocycles. The van der Waals surface area contributed by atoms with Crippen molar-refractivity contribution in [3.63, 3.8) is 0 Å². The van der Waals surface area contributed by atoms with Gasteiger partial charge < -0.3 is 25.4 Å². The van der Waals surface area contributed by atoms with Crippen LogP contribution >= 0.6 is 11.6 Å². The molecule has 8 nitrogen and oxygen atoms in total. The standard InChI is InChI=1S/C27H24ClN5O3/c1-35-23-14-13-19(16-24(23)36-2)30-27-29-17-20(28)26(33-27)32-22-11-7-6-10-21(22)31-25(34)15-12-18-8-4-3-5-9-18/h3-17H,1-2H3,(H,31,34)(H2,29,30,32,33)/b15-12+. The minimum atomic E-state index is -0.266. The van der Waals surface area contributed by atoms with Gasteiger partial charge >= 0.3 is 0 Å². The summed E-state index contributed by atoms with van der Waals surface area (Å²) in [5.41, 5.74) is 2.83. The third-order valence-electron chi connectivity index (χ3n) is 5.05. The van der Waals surface area contributed by atoms with Gasteiger partial charge in [0.2, 0.25) is 11.9 Å². The minimum absolute atomic E-state index is 0.266. The summed E-state index contributed by atoms with van der Waals surface area (Å²) >= 11 is 6.36. The molecule has 1 aromatic heterocycles. The first-order valence-electron chi connectivity index (χ1n) is 11.0. The van der Waals surface area contributed by atoms with Gasteiger partial charge in [-0.25, -0.2) is 4.98 Å². The van der Waals surface area contributed by atoms with Crippen LogP contribution in [0.5, 0.6) is 11.5 Å². The van der Waals surface area contributed by atoms with Crippen LogP contribution in [0.25, 0.3) is 6.08 Å². The molecule has 3 N–H and O–H groups in total. The SMILES string of the molecule is COc1ccc(Nc2ncc(Cl)c(Nc3ccccc3NC(=O)/C=C/c3ccccc3)n2)cc1OC. The van der Waals surface area contributed by atoms with E-state index in [0.29, 0.717) is 45.4 Å². The highest BCUT2D eigenvalue weighted by atomic mass is 35.5. The number of benzene rings is 3. The van der Waals surface area contributed by atoms with Crippen molar-refractivity contribution in [2.24, 2.45) is 0 Å². The summed E-state index contributed by atoms with van der Waals surface area (Å²) in [4.78, 5) is 21.3. The number of nitrogens with zero attached hydrogens (tertiary/aromatic N) is 2. The molecular formula is C27H24ClN5O3. The van der Waals surface area contributed by atoms with Crippen LogP contribution in [0.2, 0.25) is 5.02 Å². The van der Waals surface area contributed by atoms with E-state index >= 15 is 0 Å². The van der Waals surface area contributed by atoms with E-state index in [1.807, 2.05) is 54.6 Å². The summed E-state index contributed by atoms with van der Waals surface area (Å²) in [6.07, 6.45) is 4.72. The number of carbonyl (C=O) groups is 1. The van der Waals surface area contributed by atoms with Crippen LogP contribution in [0, 0.1) is 0 Å². The van der Waals surface area contributed by atoms with E-state index < -0.39 is 0 Å². The van der Waals surface area contributed by atoms with Gasteiger partial charge in [0, 0.05) is 17.8 Å². The first kappa shape index (κ1) is 24.6. The van der Waals surface area contributed by atoms with Crippen molar-refractivity contribution in [3.8, 4) is 11.5 Å². The van der Waals surface area contributed by atoms with Crippen LogP contribution in [0.1, 0.15) is 5.56 Å². The summed E-state index contributed by atoms with van der Waals surface area (Å²) in [7, 11) is 3.14. The highest BCUT2D eigenvalue weighted by Gasteiger charge is 2.11. The average Bonchev–Trinajstić information content (AvgIpc) is 2.91. The zero-order chi connectivity index (χ0) is 25.3. The Hall–Kier alpha value is -4.56. The molecule has 0 bridgehead atoms. The molecule has 0 saturated carbocycles. The number of rotatable bonds is 9. The molecule has 0 aliphatic heterocycles. The number of aromatic nitrogens is 2. The van der Waals surface area contributed by atoms with Gasteiger partial charge in [0.1, 0.15) is 5.02 Å². The Morgan fingerprint density at radius 3 is 2.36 bits per heavy atom. The lowest BCUT2D eigenvalue weighted by Gasteiger charge is -2.14. The zero-order valence-electron chi connectivity index (χ0n) is 19.7. The van der Waals surface area contributed by atoms with E-state index in [4.69, 9.17) is 21.1 Å². The van der Waals surface area contributed by atoms with Crippen LogP contribution in [0.4, 0.5) is 28.8 Å². The lowest BCUT2D eigenvalue weighted by molar-refractivity contribution is -0.111. The quantitative estimate of drug-likeness (QED) is 0.232. The van der Waals surface area contributed by atoms with Crippen molar-refractivity contribution in [1.82, 2.24) is 9.97 Å². The Kier molecular flexibility index (Phi) is 8.00. The Morgan fingerprint density at radius 1 is 0.889 bits per heavy atom. The summed E-state index contributed by atoms with van der Waals surface area (Å²) < 4.78 is 10.6. The van der Waals surface area contributed by atoms with E-state index in [-0.39, 0.29) is 5.91 Å². The van der Waals surface area contributed by atoms with Gasteiger partial charge in [-0.1, -0.05) is 54.1 Å². The first-order chi connectivity index (χ1) is 17.6. The molecule has 4 aromatic rings. The molecule has 0 spiro atoms. The number of amides is 1. The van der Waals surface area contributed by atoms with Gasteiger partial charge in [-0.3, -0.25) is 4.79 Å². The smallest absolute Gasteiger partial charge is 0.248 e. The second-order valence-electron chi connectivity index (χ2n) is 7.49. The van der Waals surface area contributed by atoms with E-state index in [0.717, 1.165) is 5.56 Å². The summed E-state index contributed by atoms with van der Waals surface area (Å²) in [5.74, 6) is 1.61. The maximum atomic E-state index is 12.5. The van der Waals surface area contributed by atoms with Crippen LogP contribution in [0.3, 0.4) is 0 Å². The fraction of sp³-hybridized carbons (Fsp3) is 0.0741. The van der Waals surface area contributed by atoms with Crippen LogP contribution in [-0.2, 0) is 4.79 Å². The lowest BCUT2D eigenvalue weighted by Crippen LogP contribution is -2.10. The van der Waals surface area contributed by atoms with Gasteiger partial charge in [0.05, 0.1) is 31.8 Å². The highest BCUT2D eigenvalue weighted by molar-refractivity contribution is 6.33. The second-order valence-corrected chi connectivity index (χ2v) is 7.90. The predicted octanol–water partition coefficient (Wildman–Crippen LogP) is 6.29. The van der Waals surface area contributed by atoms with Crippen molar-refractivity contribution >= 4 is 52.4 Å². The van der Waals surface area contributed by atoms with Gasteiger partial charge in [-0.05, 0) is 35.9 Å².